The molecule has 0 spiro atoms. The summed E-state index contributed by atoms with van der Waals surface area (Å²) in [5.74, 6) is 0. The van der Waals surface area contributed by atoms with Crippen molar-refractivity contribution in [3.05, 3.63) is 71.8 Å². The summed E-state index contributed by atoms with van der Waals surface area (Å²) in [7, 11) is 0. The Morgan fingerprint density at radius 2 is 1.55 bits per heavy atom. The Morgan fingerprint density at radius 1 is 0.955 bits per heavy atom. The Labute approximate surface area is 131 Å². The Balaban J connectivity index is 1.77. The van der Waals surface area contributed by atoms with E-state index in [4.69, 9.17) is 4.74 Å². The Morgan fingerprint density at radius 3 is 2.09 bits per heavy atom. The van der Waals surface area contributed by atoms with E-state index in [1.54, 1.807) is 0 Å². The fraction of sp³-hybridized carbons (Fsp3) is 0.316. The van der Waals surface area contributed by atoms with Crippen LogP contribution in [-0.4, -0.2) is 18.6 Å². The first-order valence-corrected chi connectivity index (χ1v) is 7.82. The molecule has 0 radical (unpaired) electrons. The molecule has 114 valence electrons. The Kier molecular flexibility index (Phi) is 4.86. The molecular weight excluding hydrogens is 274 g/mol. The van der Waals surface area contributed by atoms with Crippen LogP contribution in [0.3, 0.4) is 0 Å². The van der Waals surface area contributed by atoms with E-state index in [9.17, 15) is 4.79 Å². The maximum atomic E-state index is 10.5. The molecule has 1 N–H and O–H groups in total. The Hall–Kier alpha value is -2.13. The second-order valence-electron chi connectivity index (χ2n) is 5.79. The summed E-state index contributed by atoms with van der Waals surface area (Å²) in [5.41, 5.74) is 2.52. The van der Waals surface area contributed by atoms with E-state index in [-0.39, 0.29) is 12.1 Å². The van der Waals surface area contributed by atoms with Gasteiger partial charge < -0.3 is 10.1 Å². The number of ether oxygens (including phenoxy) is 1. The number of carbonyl (C=O) groups excluding carboxylic acids is 1. The SMILES string of the molecule is O=CO[C@@H]1CC[C@H](NC(c2ccccc2)c2ccccc2)C1. The maximum Gasteiger partial charge on any atom is 0.293 e. The van der Waals surface area contributed by atoms with Gasteiger partial charge in [-0.3, -0.25) is 4.79 Å². The molecule has 0 heterocycles. The number of rotatable bonds is 6. The van der Waals surface area contributed by atoms with Gasteiger partial charge in [0, 0.05) is 6.04 Å². The van der Waals surface area contributed by atoms with Crippen molar-refractivity contribution >= 4 is 6.47 Å². The molecule has 0 bridgehead atoms. The quantitative estimate of drug-likeness (QED) is 0.829. The molecule has 1 fully saturated rings. The minimum Gasteiger partial charge on any atom is -0.465 e. The van der Waals surface area contributed by atoms with Crippen LogP contribution in [0.15, 0.2) is 60.7 Å². The molecule has 3 heteroatoms. The molecule has 2 aromatic carbocycles. The van der Waals surface area contributed by atoms with Gasteiger partial charge in [0.2, 0.25) is 0 Å². The number of nitrogens with one attached hydrogen (secondary N) is 1. The van der Waals surface area contributed by atoms with E-state index in [2.05, 4.69) is 53.8 Å². The van der Waals surface area contributed by atoms with E-state index in [0.29, 0.717) is 12.5 Å². The van der Waals surface area contributed by atoms with Gasteiger partial charge in [0.15, 0.2) is 0 Å². The number of carbonyl (C=O) groups is 1. The van der Waals surface area contributed by atoms with Gasteiger partial charge in [0.1, 0.15) is 6.10 Å². The second kappa shape index (κ2) is 7.23. The van der Waals surface area contributed by atoms with Crippen LogP contribution in [0, 0.1) is 0 Å². The number of hydrogen-bond donors (Lipinski definition) is 1. The monoisotopic (exact) mass is 295 g/mol. The normalized spacial score (nSPS) is 21.0. The van der Waals surface area contributed by atoms with Crippen LogP contribution in [0.25, 0.3) is 0 Å². The zero-order chi connectivity index (χ0) is 15.2. The third kappa shape index (κ3) is 3.55. The van der Waals surface area contributed by atoms with E-state index in [0.717, 1.165) is 19.3 Å². The molecule has 0 amide bonds. The molecule has 2 aromatic rings. The zero-order valence-electron chi connectivity index (χ0n) is 12.5. The minimum absolute atomic E-state index is 0.0576. The van der Waals surface area contributed by atoms with Crippen molar-refractivity contribution in [2.75, 3.05) is 0 Å². The van der Waals surface area contributed by atoms with Crippen molar-refractivity contribution in [1.82, 2.24) is 5.32 Å². The molecule has 1 aliphatic rings. The van der Waals surface area contributed by atoms with Gasteiger partial charge in [-0.1, -0.05) is 60.7 Å². The standard InChI is InChI=1S/C19H21NO2/c21-14-22-18-12-11-17(13-18)20-19(15-7-3-1-4-8-15)16-9-5-2-6-10-16/h1-10,14,17-20H,11-13H2/t17-,18+/m0/s1. The lowest BCUT2D eigenvalue weighted by Crippen LogP contribution is -2.32. The summed E-state index contributed by atoms with van der Waals surface area (Å²) in [5, 5.41) is 3.74. The summed E-state index contributed by atoms with van der Waals surface area (Å²) < 4.78 is 5.11. The summed E-state index contributed by atoms with van der Waals surface area (Å²) in [4.78, 5) is 10.5. The van der Waals surface area contributed by atoms with Crippen LogP contribution in [0.4, 0.5) is 0 Å². The average Bonchev–Trinajstić information content (AvgIpc) is 3.02. The highest BCUT2D eigenvalue weighted by Gasteiger charge is 2.28. The van der Waals surface area contributed by atoms with Crippen LogP contribution in [0.5, 0.6) is 0 Å². The molecule has 0 unspecified atom stereocenters. The van der Waals surface area contributed by atoms with Crippen LogP contribution < -0.4 is 5.32 Å². The first kappa shape index (κ1) is 14.8. The molecule has 0 aromatic heterocycles. The van der Waals surface area contributed by atoms with Crippen LogP contribution in [-0.2, 0) is 9.53 Å². The van der Waals surface area contributed by atoms with Gasteiger partial charge in [-0.05, 0) is 30.4 Å². The van der Waals surface area contributed by atoms with E-state index in [1.165, 1.54) is 11.1 Å². The van der Waals surface area contributed by atoms with Gasteiger partial charge in [0.25, 0.3) is 6.47 Å². The molecule has 1 aliphatic carbocycles. The molecule has 3 rings (SSSR count). The van der Waals surface area contributed by atoms with E-state index in [1.807, 2.05) is 12.1 Å². The molecular formula is C19H21NO2. The lowest BCUT2D eigenvalue weighted by molar-refractivity contribution is -0.133. The molecule has 3 nitrogen and oxygen atoms in total. The van der Waals surface area contributed by atoms with E-state index < -0.39 is 0 Å². The fourth-order valence-corrected chi connectivity index (χ4v) is 3.21. The summed E-state index contributed by atoms with van der Waals surface area (Å²) in [6.07, 6.45) is 2.92. The lowest BCUT2D eigenvalue weighted by Gasteiger charge is -2.24. The lowest BCUT2D eigenvalue weighted by atomic mass is 9.97. The maximum absolute atomic E-state index is 10.5. The van der Waals surface area contributed by atoms with Crippen molar-refractivity contribution in [2.24, 2.45) is 0 Å². The topological polar surface area (TPSA) is 38.3 Å². The zero-order valence-corrected chi connectivity index (χ0v) is 12.5. The van der Waals surface area contributed by atoms with Crippen molar-refractivity contribution in [3.8, 4) is 0 Å². The first-order chi connectivity index (χ1) is 10.9. The predicted octanol–water partition coefficient (Wildman–Crippen LogP) is 3.46. The van der Waals surface area contributed by atoms with Gasteiger partial charge in [-0.2, -0.15) is 0 Å². The van der Waals surface area contributed by atoms with Crippen molar-refractivity contribution < 1.29 is 9.53 Å². The number of hydrogen-bond acceptors (Lipinski definition) is 3. The summed E-state index contributed by atoms with van der Waals surface area (Å²) in [6, 6.07) is 21.5. The highest BCUT2D eigenvalue weighted by Crippen LogP contribution is 2.28. The smallest absolute Gasteiger partial charge is 0.293 e. The minimum atomic E-state index is 0.0576. The third-order valence-corrected chi connectivity index (χ3v) is 4.30. The van der Waals surface area contributed by atoms with Crippen LogP contribution in [0.1, 0.15) is 36.4 Å². The fourth-order valence-electron chi connectivity index (χ4n) is 3.21. The largest absolute Gasteiger partial charge is 0.465 e. The molecule has 0 aliphatic heterocycles. The molecule has 22 heavy (non-hydrogen) atoms. The summed E-state index contributed by atoms with van der Waals surface area (Å²) >= 11 is 0. The van der Waals surface area contributed by atoms with Gasteiger partial charge in [-0.25, -0.2) is 0 Å². The van der Waals surface area contributed by atoms with Gasteiger partial charge >= 0.3 is 0 Å². The summed E-state index contributed by atoms with van der Waals surface area (Å²) in [6.45, 7) is 0.568. The highest BCUT2D eigenvalue weighted by atomic mass is 16.5. The predicted molar refractivity (Wildman–Crippen MR) is 86.4 cm³/mol. The molecule has 1 saturated carbocycles. The van der Waals surface area contributed by atoms with Crippen molar-refractivity contribution in [3.63, 3.8) is 0 Å². The van der Waals surface area contributed by atoms with Gasteiger partial charge in [-0.15, -0.1) is 0 Å². The highest BCUT2D eigenvalue weighted by molar-refractivity contribution is 5.37. The third-order valence-electron chi connectivity index (χ3n) is 4.30. The average molecular weight is 295 g/mol. The van der Waals surface area contributed by atoms with Crippen molar-refractivity contribution in [1.29, 1.82) is 0 Å². The van der Waals surface area contributed by atoms with Crippen molar-refractivity contribution in [2.45, 2.75) is 37.5 Å². The second-order valence-corrected chi connectivity index (χ2v) is 5.79. The Bertz CT molecular complexity index is 545. The van der Waals surface area contributed by atoms with Crippen LogP contribution in [0.2, 0.25) is 0 Å². The number of benzene rings is 2. The van der Waals surface area contributed by atoms with Crippen LogP contribution >= 0.6 is 0 Å². The molecule has 2 atom stereocenters. The molecule has 0 saturated heterocycles. The first-order valence-electron chi connectivity index (χ1n) is 7.82. The van der Waals surface area contributed by atoms with E-state index >= 15 is 0 Å². The van der Waals surface area contributed by atoms with Gasteiger partial charge in [0.05, 0.1) is 6.04 Å².